The van der Waals surface area contributed by atoms with Crippen LogP contribution in [0.15, 0.2) is 18.2 Å². The van der Waals surface area contributed by atoms with E-state index in [0.29, 0.717) is 51.7 Å². The molecule has 9 heteroatoms. The highest BCUT2D eigenvalue weighted by Gasteiger charge is 2.50. The summed E-state index contributed by atoms with van der Waals surface area (Å²) in [7, 11) is 1.62. The topological polar surface area (TPSA) is 65.8 Å². The van der Waals surface area contributed by atoms with Crippen molar-refractivity contribution in [3.63, 3.8) is 0 Å². The monoisotopic (exact) mass is 495 g/mol. The summed E-state index contributed by atoms with van der Waals surface area (Å²) in [6, 6.07) is 5.56. The first-order valence-electron chi connectivity index (χ1n) is 12.2. The van der Waals surface area contributed by atoms with Gasteiger partial charge in [0.25, 0.3) is 0 Å². The molecule has 0 N–H and O–H groups in total. The van der Waals surface area contributed by atoms with Gasteiger partial charge in [-0.05, 0) is 42.9 Å². The molecule has 0 bridgehead atoms. The third kappa shape index (κ3) is 5.92. The minimum Gasteiger partial charge on any atom is -0.382 e. The van der Waals surface area contributed by atoms with Gasteiger partial charge in [0.1, 0.15) is 0 Å². The van der Waals surface area contributed by atoms with E-state index in [-0.39, 0.29) is 22.8 Å². The van der Waals surface area contributed by atoms with E-state index in [1.54, 1.807) is 19.2 Å². The predicted molar refractivity (Wildman–Crippen MR) is 127 cm³/mol. The number of carbonyl (C=O) groups is 1. The highest BCUT2D eigenvalue weighted by Crippen LogP contribution is 2.47. The van der Waals surface area contributed by atoms with Crippen molar-refractivity contribution in [2.24, 2.45) is 16.7 Å². The number of alkyl halides is 3. The van der Waals surface area contributed by atoms with Crippen molar-refractivity contribution >= 4 is 11.6 Å². The highest BCUT2D eigenvalue weighted by molar-refractivity contribution is 5.82. The number of anilines is 1. The molecule has 0 aliphatic carbocycles. The van der Waals surface area contributed by atoms with Gasteiger partial charge in [0.05, 0.1) is 37.0 Å². The number of hydrogen-bond acceptors (Lipinski definition) is 5. The molecule has 0 saturated carbocycles. The van der Waals surface area contributed by atoms with E-state index in [1.165, 1.54) is 6.07 Å². The summed E-state index contributed by atoms with van der Waals surface area (Å²) in [5.41, 5.74) is -1.38. The van der Waals surface area contributed by atoms with Gasteiger partial charge in [0.15, 0.2) is 0 Å². The van der Waals surface area contributed by atoms with Crippen LogP contribution in [0, 0.1) is 28.1 Å². The summed E-state index contributed by atoms with van der Waals surface area (Å²) >= 11 is 0. The Labute approximate surface area is 206 Å². The number of halogens is 3. The van der Waals surface area contributed by atoms with Gasteiger partial charge < -0.3 is 19.3 Å². The Morgan fingerprint density at radius 3 is 2.49 bits per heavy atom. The van der Waals surface area contributed by atoms with Crippen LogP contribution in [0.4, 0.5) is 18.9 Å². The van der Waals surface area contributed by atoms with E-state index in [0.717, 1.165) is 25.3 Å². The molecule has 194 valence electrons. The Morgan fingerprint density at radius 2 is 1.91 bits per heavy atom. The van der Waals surface area contributed by atoms with E-state index in [2.05, 4.69) is 0 Å². The van der Waals surface area contributed by atoms with Crippen molar-refractivity contribution in [2.75, 3.05) is 58.0 Å². The number of carbonyl (C=O) groups excluding carboxylic acids is 1. The molecule has 2 fully saturated rings. The molecular formula is C26H36F3N3O3. The van der Waals surface area contributed by atoms with Crippen LogP contribution in [0.5, 0.6) is 0 Å². The molecule has 2 saturated heterocycles. The van der Waals surface area contributed by atoms with Crippen LogP contribution in [0.1, 0.15) is 51.2 Å². The minimum atomic E-state index is -4.58. The number of likely N-dealkylation sites (tertiary alicyclic amines) is 1. The van der Waals surface area contributed by atoms with Gasteiger partial charge in [0, 0.05) is 50.3 Å². The zero-order valence-electron chi connectivity index (χ0n) is 21.1. The largest absolute Gasteiger partial charge is 0.417 e. The first kappa shape index (κ1) is 27.3. The second kappa shape index (κ2) is 10.8. The second-order valence-corrected chi connectivity index (χ2v) is 10.4. The molecular weight excluding hydrogens is 459 g/mol. The number of hydrogen-bond donors (Lipinski definition) is 0. The van der Waals surface area contributed by atoms with Crippen LogP contribution in [-0.2, 0) is 20.4 Å². The Hall–Kier alpha value is -2.31. The van der Waals surface area contributed by atoms with Crippen molar-refractivity contribution in [1.82, 2.24) is 4.90 Å². The van der Waals surface area contributed by atoms with Crippen molar-refractivity contribution in [2.45, 2.75) is 46.2 Å². The SMILES string of the molecule is CCC(C)(C)C(=O)N1CC(COCCOC)C2(CCN(c3ccc(C#N)c(C(F)(F)F)c3)CC2)C1. The Morgan fingerprint density at radius 1 is 1.23 bits per heavy atom. The number of nitriles is 1. The Balaban J connectivity index is 1.77. The molecule has 1 unspecified atom stereocenters. The summed E-state index contributed by atoms with van der Waals surface area (Å²) in [4.78, 5) is 17.2. The van der Waals surface area contributed by atoms with E-state index >= 15 is 0 Å². The van der Waals surface area contributed by atoms with Gasteiger partial charge in [-0.25, -0.2) is 0 Å². The van der Waals surface area contributed by atoms with Gasteiger partial charge >= 0.3 is 6.18 Å². The number of piperidine rings is 1. The summed E-state index contributed by atoms with van der Waals surface area (Å²) < 4.78 is 51.3. The number of amides is 1. The minimum absolute atomic E-state index is 0.136. The summed E-state index contributed by atoms with van der Waals surface area (Å²) in [6.45, 7) is 9.89. The molecule has 0 aromatic heterocycles. The van der Waals surface area contributed by atoms with Gasteiger partial charge in [-0.15, -0.1) is 0 Å². The molecule has 1 amide bonds. The van der Waals surface area contributed by atoms with Crippen molar-refractivity contribution in [3.05, 3.63) is 29.3 Å². The smallest absolute Gasteiger partial charge is 0.382 e. The highest BCUT2D eigenvalue weighted by atomic mass is 19.4. The Bertz CT molecular complexity index is 934. The maximum absolute atomic E-state index is 13.5. The van der Waals surface area contributed by atoms with Crippen LogP contribution >= 0.6 is 0 Å². The van der Waals surface area contributed by atoms with Gasteiger partial charge in [-0.1, -0.05) is 20.8 Å². The molecule has 35 heavy (non-hydrogen) atoms. The molecule has 2 aliphatic heterocycles. The molecule has 1 aromatic rings. The normalized spacial score (nSPS) is 20.3. The first-order chi connectivity index (χ1) is 16.5. The molecule has 6 nitrogen and oxygen atoms in total. The standard InChI is InChI=1S/C26H36F3N3O3/c1-5-24(2,3)23(33)32-16-20(17-35-13-12-34-4)25(18-32)8-10-31(11-9-25)21-7-6-19(15-30)22(14-21)26(27,28)29/h6-7,14,20H,5,8-13,16-18H2,1-4H3. The predicted octanol–water partition coefficient (Wildman–Crippen LogP) is 4.72. The number of ether oxygens (including phenoxy) is 2. The summed E-state index contributed by atoms with van der Waals surface area (Å²) in [5.74, 6) is 0.299. The van der Waals surface area contributed by atoms with Crippen LogP contribution in [-0.4, -0.2) is 63.9 Å². The first-order valence-corrected chi connectivity index (χ1v) is 12.2. The maximum Gasteiger partial charge on any atom is 0.417 e. The number of nitrogens with zero attached hydrogens (tertiary/aromatic N) is 3. The van der Waals surface area contributed by atoms with E-state index in [1.807, 2.05) is 30.6 Å². The maximum atomic E-state index is 13.5. The van der Waals surface area contributed by atoms with E-state index in [4.69, 9.17) is 14.7 Å². The number of benzene rings is 1. The van der Waals surface area contributed by atoms with Crippen LogP contribution < -0.4 is 4.90 Å². The third-order valence-electron chi connectivity index (χ3n) is 7.87. The van der Waals surface area contributed by atoms with Crippen LogP contribution in [0.3, 0.4) is 0 Å². The van der Waals surface area contributed by atoms with Crippen LogP contribution in [0.25, 0.3) is 0 Å². The lowest BCUT2D eigenvalue weighted by Gasteiger charge is -2.43. The van der Waals surface area contributed by atoms with Gasteiger partial charge in [-0.3, -0.25) is 4.79 Å². The van der Waals surface area contributed by atoms with Crippen molar-refractivity contribution < 1.29 is 27.4 Å². The lowest BCUT2D eigenvalue weighted by Crippen LogP contribution is -2.46. The van der Waals surface area contributed by atoms with Gasteiger partial charge in [0.2, 0.25) is 5.91 Å². The van der Waals surface area contributed by atoms with Crippen LogP contribution in [0.2, 0.25) is 0 Å². The van der Waals surface area contributed by atoms with Gasteiger partial charge in [-0.2, -0.15) is 18.4 Å². The lowest BCUT2D eigenvalue weighted by molar-refractivity contribution is -0.140. The average molecular weight is 496 g/mol. The van der Waals surface area contributed by atoms with Crippen molar-refractivity contribution in [3.8, 4) is 6.07 Å². The molecule has 2 aliphatic rings. The second-order valence-electron chi connectivity index (χ2n) is 10.4. The fraction of sp³-hybridized carbons (Fsp3) is 0.692. The van der Waals surface area contributed by atoms with E-state index in [9.17, 15) is 18.0 Å². The fourth-order valence-corrected chi connectivity index (χ4v) is 5.20. The van der Waals surface area contributed by atoms with Crippen molar-refractivity contribution in [1.29, 1.82) is 5.26 Å². The zero-order chi connectivity index (χ0) is 25.9. The molecule has 0 radical (unpaired) electrons. The number of rotatable bonds is 8. The zero-order valence-corrected chi connectivity index (χ0v) is 21.1. The summed E-state index contributed by atoms with van der Waals surface area (Å²) in [5, 5.41) is 9.09. The molecule has 2 heterocycles. The molecule has 1 spiro atoms. The fourth-order valence-electron chi connectivity index (χ4n) is 5.20. The summed E-state index contributed by atoms with van der Waals surface area (Å²) in [6.07, 6.45) is -2.33. The lowest BCUT2D eigenvalue weighted by atomic mass is 9.71. The number of methoxy groups -OCH3 is 1. The van der Waals surface area contributed by atoms with E-state index < -0.39 is 17.2 Å². The quantitative estimate of drug-likeness (QED) is 0.488. The molecule has 1 atom stereocenters. The molecule has 3 rings (SSSR count). The Kier molecular flexibility index (Phi) is 8.38. The average Bonchev–Trinajstić information content (AvgIpc) is 3.18. The molecule has 1 aromatic carbocycles. The third-order valence-corrected chi connectivity index (χ3v) is 7.87.